The van der Waals surface area contributed by atoms with E-state index in [0.717, 1.165) is 0 Å². The molecule has 0 unspecified atom stereocenters. The first-order valence-corrected chi connectivity index (χ1v) is 9.07. The van der Waals surface area contributed by atoms with Gasteiger partial charge in [0.1, 0.15) is 11.5 Å². The Kier molecular flexibility index (Phi) is 5.53. The van der Waals surface area contributed by atoms with Crippen LogP contribution < -0.4 is 16.4 Å². The van der Waals surface area contributed by atoms with Crippen molar-refractivity contribution in [1.82, 2.24) is 30.6 Å². The number of aromatic nitrogens is 4. The maximum Gasteiger partial charge on any atom is 0.290 e. The lowest BCUT2D eigenvalue weighted by atomic mass is 10.1. The predicted octanol–water partition coefficient (Wildman–Crippen LogP) is 1.73. The lowest BCUT2D eigenvalue weighted by Crippen LogP contribution is -2.43. The second-order valence-corrected chi connectivity index (χ2v) is 6.67. The minimum Gasteiger partial charge on any atom is -0.338 e. The molecule has 146 valence electrons. The fourth-order valence-electron chi connectivity index (χ4n) is 2.75. The molecule has 2 aromatic heterocycles. The zero-order valence-corrected chi connectivity index (χ0v) is 15.9. The van der Waals surface area contributed by atoms with Crippen LogP contribution in [0.2, 0.25) is 0 Å². The molecule has 0 saturated carbocycles. The Morgan fingerprint density at radius 2 is 1.82 bits per heavy atom. The van der Waals surface area contributed by atoms with Crippen molar-refractivity contribution < 1.29 is 9.59 Å². The molecule has 9 heteroatoms. The maximum absolute atomic E-state index is 12.6. The fourth-order valence-corrected chi connectivity index (χ4v) is 2.75. The van der Waals surface area contributed by atoms with Crippen LogP contribution in [-0.2, 0) is 6.54 Å². The summed E-state index contributed by atoms with van der Waals surface area (Å²) >= 11 is 0. The summed E-state index contributed by atoms with van der Waals surface area (Å²) in [6.07, 6.45) is 2.10. The molecule has 3 aromatic rings. The standard InChI is InChI=1S/C19H22N6O3/c1-4-9-25-19(28)13-8-6-5-7-12(13)15(24-25)18(27)23-22-17(26)14-10-20-16(21-14)11(2)3/h5-8,10-11H,4,9H2,1-3H3,(H,20,21)(H,22,26)(H,23,27). The third kappa shape index (κ3) is 3.78. The summed E-state index contributed by atoms with van der Waals surface area (Å²) in [7, 11) is 0. The van der Waals surface area contributed by atoms with E-state index in [-0.39, 0.29) is 22.9 Å². The highest BCUT2D eigenvalue weighted by molar-refractivity contribution is 6.05. The molecule has 0 bridgehead atoms. The van der Waals surface area contributed by atoms with Crippen molar-refractivity contribution in [3.63, 3.8) is 0 Å². The summed E-state index contributed by atoms with van der Waals surface area (Å²) in [5.74, 6) is -0.320. The van der Waals surface area contributed by atoms with E-state index in [0.29, 0.717) is 29.6 Å². The fraction of sp³-hybridized carbons (Fsp3) is 0.316. The van der Waals surface area contributed by atoms with Crippen LogP contribution >= 0.6 is 0 Å². The van der Waals surface area contributed by atoms with Crippen LogP contribution in [0.1, 0.15) is 59.9 Å². The number of benzene rings is 1. The maximum atomic E-state index is 12.6. The number of hydrogen-bond donors (Lipinski definition) is 3. The Morgan fingerprint density at radius 1 is 1.14 bits per heavy atom. The molecule has 28 heavy (non-hydrogen) atoms. The molecule has 0 spiro atoms. The number of hydrogen-bond acceptors (Lipinski definition) is 5. The third-order valence-electron chi connectivity index (χ3n) is 4.19. The van der Waals surface area contributed by atoms with Crippen LogP contribution in [-0.4, -0.2) is 31.6 Å². The van der Waals surface area contributed by atoms with Crippen LogP contribution in [0.3, 0.4) is 0 Å². The van der Waals surface area contributed by atoms with Crippen molar-refractivity contribution in [3.05, 3.63) is 58.0 Å². The van der Waals surface area contributed by atoms with Crippen LogP contribution in [0.25, 0.3) is 10.8 Å². The molecule has 3 rings (SSSR count). The molecule has 0 fully saturated rings. The van der Waals surface area contributed by atoms with E-state index in [1.165, 1.54) is 10.9 Å². The minimum absolute atomic E-state index is 0.0661. The number of carbonyl (C=O) groups is 2. The smallest absolute Gasteiger partial charge is 0.290 e. The first-order chi connectivity index (χ1) is 13.4. The first-order valence-electron chi connectivity index (χ1n) is 9.07. The largest absolute Gasteiger partial charge is 0.338 e. The number of nitrogens with one attached hydrogen (secondary N) is 3. The quantitative estimate of drug-likeness (QED) is 0.580. The Morgan fingerprint density at radius 3 is 2.46 bits per heavy atom. The average molecular weight is 382 g/mol. The van der Waals surface area contributed by atoms with E-state index in [1.807, 2.05) is 20.8 Å². The third-order valence-corrected chi connectivity index (χ3v) is 4.19. The topological polar surface area (TPSA) is 122 Å². The highest BCUT2D eigenvalue weighted by Gasteiger charge is 2.18. The number of aryl methyl sites for hydroxylation is 1. The summed E-state index contributed by atoms with van der Waals surface area (Å²) < 4.78 is 1.27. The molecular formula is C19H22N6O3. The summed E-state index contributed by atoms with van der Waals surface area (Å²) in [4.78, 5) is 44.4. The van der Waals surface area contributed by atoms with Gasteiger partial charge in [-0.1, -0.05) is 39.0 Å². The van der Waals surface area contributed by atoms with Gasteiger partial charge in [-0.15, -0.1) is 0 Å². The molecule has 2 heterocycles. The van der Waals surface area contributed by atoms with Gasteiger partial charge in [0.15, 0.2) is 5.69 Å². The molecule has 2 amide bonds. The Labute approximate surface area is 161 Å². The van der Waals surface area contributed by atoms with Crippen LogP contribution in [0.4, 0.5) is 0 Å². The SMILES string of the molecule is CCCn1nc(C(=O)NNC(=O)c2cnc(C(C)C)[nH]2)c2ccccc2c1=O. The molecule has 0 aliphatic rings. The van der Waals surface area contributed by atoms with Gasteiger partial charge in [-0.3, -0.25) is 25.2 Å². The molecule has 3 N–H and O–H groups in total. The minimum atomic E-state index is -0.613. The number of carbonyl (C=O) groups excluding carboxylic acids is 2. The molecule has 0 atom stereocenters. The number of hydrazine groups is 1. The molecule has 0 saturated heterocycles. The number of fused-ring (bicyclic) bond motifs is 1. The number of amides is 2. The number of aromatic amines is 1. The van der Waals surface area contributed by atoms with Gasteiger partial charge in [0.2, 0.25) is 0 Å². The molecule has 1 aromatic carbocycles. The second kappa shape index (κ2) is 8.03. The van der Waals surface area contributed by atoms with E-state index >= 15 is 0 Å². The predicted molar refractivity (Wildman–Crippen MR) is 104 cm³/mol. The van der Waals surface area contributed by atoms with Crippen LogP contribution in [0, 0.1) is 0 Å². The van der Waals surface area contributed by atoms with E-state index in [9.17, 15) is 14.4 Å². The summed E-state index contributed by atoms with van der Waals surface area (Å²) in [6.45, 7) is 6.20. The van der Waals surface area contributed by atoms with E-state index < -0.39 is 11.8 Å². The Balaban J connectivity index is 1.84. The molecule has 0 radical (unpaired) electrons. The van der Waals surface area contributed by atoms with E-state index in [1.54, 1.807) is 24.3 Å². The summed E-state index contributed by atoms with van der Waals surface area (Å²) in [5.41, 5.74) is 4.74. The first kappa shape index (κ1) is 19.3. The lowest BCUT2D eigenvalue weighted by Gasteiger charge is -2.11. The van der Waals surface area contributed by atoms with Gasteiger partial charge in [-0.2, -0.15) is 5.10 Å². The van der Waals surface area contributed by atoms with Gasteiger partial charge in [0.25, 0.3) is 17.4 Å². The number of imidazole rings is 1. The van der Waals surface area contributed by atoms with Gasteiger partial charge < -0.3 is 4.98 Å². The summed E-state index contributed by atoms with van der Waals surface area (Å²) in [6, 6.07) is 6.76. The summed E-state index contributed by atoms with van der Waals surface area (Å²) in [5, 5.41) is 5.02. The molecular weight excluding hydrogens is 360 g/mol. The van der Waals surface area contributed by atoms with Gasteiger partial charge >= 0.3 is 0 Å². The van der Waals surface area contributed by atoms with E-state index in [4.69, 9.17) is 0 Å². The van der Waals surface area contributed by atoms with Crippen LogP contribution in [0.15, 0.2) is 35.3 Å². The highest BCUT2D eigenvalue weighted by atomic mass is 16.2. The molecule has 9 nitrogen and oxygen atoms in total. The molecule has 0 aliphatic heterocycles. The van der Waals surface area contributed by atoms with Crippen molar-refractivity contribution in [2.75, 3.05) is 0 Å². The Bertz CT molecular complexity index is 1080. The van der Waals surface area contributed by atoms with Gasteiger partial charge in [0, 0.05) is 17.8 Å². The van der Waals surface area contributed by atoms with Gasteiger partial charge in [-0.25, -0.2) is 9.67 Å². The number of H-pyrrole nitrogens is 1. The van der Waals surface area contributed by atoms with E-state index in [2.05, 4.69) is 25.9 Å². The zero-order valence-electron chi connectivity index (χ0n) is 15.9. The zero-order chi connectivity index (χ0) is 20.3. The van der Waals surface area contributed by atoms with Gasteiger partial charge in [-0.05, 0) is 12.5 Å². The van der Waals surface area contributed by atoms with Crippen molar-refractivity contribution in [2.45, 2.75) is 39.7 Å². The van der Waals surface area contributed by atoms with Crippen molar-refractivity contribution in [2.24, 2.45) is 0 Å². The molecule has 0 aliphatic carbocycles. The average Bonchev–Trinajstić information content (AvgIpc) is 3.19. The second-order valence-electron chi connectivity index (χ2n) is 6.67. The van der Waals surface area contributed by atoms with Crippen molar-refractivity contribution in [3.8, 4) is 0 Å². The monoisotopic (exact) mass is 382 g/mol. The Hall–Kier alpha value is -3.49. The highest BCUT2D eigenvalue weighted by Crippen LogP contribution is 2.13. The van der Waals surface area contributed by atoms with Crippen molar-refractivity contribution in [1.29, 1.82) is 0 Å². The van der Waals surface area contributed by atoms with Gasteiger partial charge in [0.05, 0.1) is 11.6 Å². The van der Waals surface area contributed by atoms with Crippen LogP contribution in [0.5, 0.6) is 0 Å². The number of nitrogens with zero attached hydrogens (tertiary/aromatic N) is 3. The normalized spacial score (nSPS) is 11.0. The number of rotatable bonds is 5. The van der Waals surface area contributed by atoms with Crippen molar-refractivity contribution >= 4 is 22.6 Å². The lowest BCUT2D eigenvalue weighted by molar-refractivity contribution is 0.0841.